The number of hydrogen-bond acceptors (Lipinski definition) is 3. The van der Waals surface area contributed by atoms with Crippen molar-refractivity contribution in [2.45, 2.75) is 45.3 Å². The molecule has 0 aliphatic heterocycles. The summed E-state index contributed by atoms with van der Waals surface area (Å²) >= 11 is 0. The van der Waals surface area contributed by atoms with Gasteiger partial charge in [-0.1, -0.05) is 0 Å². The standard InChI is InChI=1S/C14H21N5/c1-3-19-13-6-4-5-12(11(13)9-17-19)16-10-14-15-7-8-18(14)2/h7-9,12,16H,3-6,10H2,1-2H3/t12-/m1/s1. The topological polar surface area (TPSA) is 47.7 Å². The molecule has 0 radical (unpaired) electrons. The van der Waals surface area contributed by atoms with Crippen LogP contribution < -0.4 is 5.32 Å². The van der Waals surface area contributed by atoms with E-state index < -0.39 is 0 Å². The number of hydrogen-bond donors (Lipinski definition) is 1. The summed E-state index contributed by atoms with van der Waals surface area (Å²) in [4.78, 5) is 4.36. The SMILES string of the molecule is CCn1ncc2c1CCC[C@H]2NCc1nccn1C. The zero-order chi connectivity index (χ0) is 13.2. The molecular weight excluding hydrogens is 238 g/mol. The summed E-state index contributed by atoms with van der Waals surface area (Å²) in [6, 6.07) is 0.417. The Bertz CT molecular complexity index is 554. The van der Waals surface area contributed by atoms with E-state index in [1.165, 1.54) is 24.1 Å². The summed E-state index contributed by atoms with van der Waals surface area (Å²) < 4.78 is 4.19. The van der Waals surface area contributed by atoms with Crippen LogP contribution in [-0.2, 0) is 26.6 Å². The molecule has 1 aliphatic carbocycles. The Morgan fingerprint density at radius 2 is 2.37 bits per heavy atom. The van der Waals surface area contributed by atoms with E-state index in [0.717, 1.165) is 25.3 Å². The molecule has 2 aromatic rings. The monoisotopic (exact) mass is 259 g/mol. The van der Waals surface area contributed by atoms with E-state index in [-0.39, 0.29) is 0 Å². The summed E-state index contributed by atoms with van der Waals surface area (Å²) in [6.07, 6.45) is 9.44. The molecule has 0 spiro atoms. The van der Waals surface area contributed by atoms with Gasteiger partial charge in [0.25, 0.3) is 0 Å². The third-order valence-electron chi connectivity index (χ3n) is 3.99. The van der Waals surface area contributed by atoms with E-state index >= 15 is 0 Å². The predicted molar refractivity (Wildman–Crippen MR) is 73.6 cm³/mol. The van der Waals surface area contributed by atoms with Gasteiger partial charge in [0, 0.05) is 43.3 Å². The zero-order valence-electron chi connectivity index (χ0n) is 11.6. The van der Waals surface area contributed by atoms with Gasteiger partial charge in [0.1, 0.15) is 5.82 Å². The average Bonchev–Trinajstić information content (AvgIpc) is 3.02. The molecule has 2 aromatic heterocycles. The maximum Gasteiger partial charge on any atom is 0.122 e. The summed E-state index contributed by atoms with van der Waals surface area (Å²) in [7, 11) is 2.03. The molecule has 2 heterocycles. The highest BCUT2D eigenvalue weighted by Crippen LogP contribution is 2.29. The first-order valence-corrected chi connectivity index (χ1v) is 7.03. The van der Waals surface area contributed by atoms with Crippen molar-refractivity contribution in [3.05, 3.63) is 35.7 Å². The first kappa shape index (κ1) is 12.4. The van der Waals surface area contributed by atoms with E-state index in [4.69, 9.17) is 0 Å². The van der Waals surface area contributed by atoms with Crippen LogP contribution >= 0.6 is 0 Å². The first-order chi connectivity index (χ1) is 9.29. The molecule has 0 saturated heterocycles. The van der Waals surface area contributed by atoms with Gasteiger partial charge in [-0.2, -0.15) is 5.10 Å². The van der Waals surface area contributed by atoms with Gasteiger partial charge in [-0.3, -0.25) is 4.68 Å². The third kappa shape index (κ3) is 2.30. The third-order valence-corrected chi connectivity index (χ3v) is 3.99. The van der Waals surface area contributed by atoms with Crippen molar-refractivity contribution >= 4 is 0 Å². The fraction of sp³-hybridized carbons (Fsp3) is 0.571. The van der Waals surface area contributed by atoms with Crippen LogP contribution in [0.1, 0.15) is 42.9 Å². The molecule has 102 valence electrons. The van der Waals surface area contributed by atoms with Gasteiger partial charge < -0.3 is 9.88 Å². The number of nitrogens with one attached hydrogen (secondary N) is 1. The van der Waals surface area contributed by atoms with Crippen LogP contribution in [-0.4, -0.2) is 19.3 Å². The fourth-order valence-corrected chi connectivity index (χ4v) is 2.88. The van der Waals surface area contributed by atoms with Crippen LogP contribution in [0.15, 0.2) is 18.6 Å². The Kier molecular flexibility index (Phi) is 3.38. The van der Waals surface area contributed by atoms with Crippen LogP contribution in [0.4, 0.5) is 0 Å². The molecule has 1 aliphatic rings. The molecular formula is C14H21N5. The first-order valence-electron chi connectivity index (χ1n) is 7.03. The van der Waals surface area contributed by atoms with Gasteiger partial charge in [-0.25, -0.2) is 4.98 Å². The summed E-state index contributed by atoms with van der Waals surface area (Å²) in [5.41, 5.74) is 2.79. The lowest BCUT2D eigenvalue weighted by Gasteiger charge is -2.24. The molecule has 0 fully saturated rings. The molecule has 0 unspecified atom stereocenters. The smallest absolute Gasteiger partial charge is 0.122 e. The van der Waals surface area contributed by atoms with Gasteiger partial charge in [-0.05, 0) is 26.2 Å². The highest BCUT2D eigenvalue weighted by molar-refractivity contribution is 5.25. The van der Waals surface area contributed by atoms with Gasteiger partial charge in [-0.15, -0.1) is 0 Å². The molecule has 0 aromatic carbocycles. The molecule has 1 N–H and O–H groups in total. The molecule has 0 saturated carbocycles. The van der Waals surface area contributed by atoms with Crippen LogP contribution in [0.3, 0.4) is 0 Å². The van der Waals surface area contributed by atoms with E-state index in [1.807, 2.05) is 25.6 Å². The van der Waals surface area contributed by atoms with Crippen molar-refractivity contribution in [3.63, 3.8) is 0 Å². The maximum atomic E-state index is 4.48. The van der Waals surface area contributed by atoms with Crippen molar-refractivity contribution in [3.8, 4) is 0 Å². The largest absolute Gasteiger partial charge is 0.337 e. The van der Waals surface area contributed by atoms with Crippen molar-refractivity contribution in [2.75, 3.05) is 0 Å². The normalized spacial score (nSPS) is 18.5. The fourth-order valence-electron chi connectivity index (χ4n) is 2.88. The second-order valence-corrected chi connectivity index (χ2v) is 5.14. The molecule has 0 bridgehead atoms. The molecule has 1 atom stereocenters. The van der Waals surface area contributed by atoms with Crippen LogP contribution in [0, 0.1) is 0 Å². The number of nitrogens with zero attached hydrogens (tertiary/aromatic N) is 4. The van der Waals surface area contributed by atoms with Gasteiger partial charge in [0.05, 0.1) is 12.7 Å². The molecule has 0 amide bonds. The minimum atomic E-state index is 0.417. The molecule has 5 heteroatoms. The minimum Gasteiger partial charge on any atom is -0.337 e. The highest BCUT2D eigenvalue weighted by atomic mass is 15.3. The van der Waals surface area contributed by atoms with Crippen molar-refractivity contribution < 1.29 is 0 Å². The quantitative estimate of drug-likeness (QED) is 0.911. The van der Waals surface area contributed by atoms with Crippen LogP contribution in [0.5, 0.6) is 0 Å². The summed E-state index contributed by atoms with van der Waals surface area (Å²) in [6.45, 7) is 3.92. The van der Waals surface area contributed by atoms with E-state index in [0.29, 0.717) is 6.04 Å². The van der Waals surface area contributed by atoms with Gasteiger partial charge >= 0.3 is 0 Å². The van der Waals surface area contributed by atoms with E-state index in [2.05, 4.69) is 31.6 Å². The Hall–Kier alpha value is -1.62. The van der Waals surface area contributed by atoms with Crippen LogP contribution in [0.2, 0.25) is 0 Å². The number of aryl methyl sites for hydroxylation is 2. The Labute approximate surface area is 113 Å². The van der Waals surface area contributed by atoms with Crippen molar-refractivity contribution in [1.82, 2.24) is 24.6 Å². The zero-order valence-corrected chi connectivity index (χ0v) is 11.6. The highest BCUT2D eigenvalue weighted by Gasteiger charge is 2.23. The lowest BCUT2D eigenvalue weighted by molar-refractivity contribution is 0.440. The van der Waals surface area contributed by atoms with Gasteiger partial charge in [0.15, 0.2) is 0 Å². The summed E-state index contributed by atoms with van der Waals surface area (Å²) in [5.74, 6) is 1.08. The van der Waals surface area contributed by atoms with Crippen molar-refractivity contribution in [2.24, 2.45) is 7.05 Å². The summed E-state index contributed by atoms with van der Waals surface area (Å²) in [5, 5.41) is 8.11. The Balaban J connectivity index is 1.73. The Morgan fingerprint density at radius 3 is 3.11 bits per heavy atom. The molecule has 5 nitrogen and oxygen atoms in total. The number of aromatic nitrogens is 4. The second kappa shape index (κ2) is 5.17. The minimum absolute atomic E-state index is 0.417. The lowest BCUT2D eigenvalue weighted by atomic mass is 9.93. The number of fused-ring (bicyclic) bond motifs is 1. The molecule has 19 heavy (non-hydrogen) atoms. The number of rotatable bonds is 4. The van der Waals surface area contributed by atoms with E-state index in [9.17, 15) is 0 Å². The predicted octanol–water partition coefficient (Wildman–Crippen LogP) is 1.80. The van der Waals surface area contributed by atoms with E-state index in [1.54, 1.807) is 0 Å². The second-order valence-electron chi connectivity index (χ2n) is 5.14. The number of imidazole rings is 1. The Morgan fingerprint density at radius 1 is 1.47 bits per heavy atom. The van der Waals surface area contributed by atoms with Gasteiger partial charge in [0.2, 0.25) is 0 Å². The average molecular weight is 259 g/mol. The molecule has 3 rings (SSSR count). The van der Waals surface area contributed by atoms with Crippen LogP contribution in [0.25, 0.3) is 0 Å². The maximum absolute atomic E-state index is 4.48. The van der Waals surface area contributed by atoms with Crippen molar-refractivity contribution in [1.29, 1.82) is 0 Å². The lowest BCUT2D eigenvalue weighted by Crippen LogP contribution is -2.26.